The van der Waals surface area contributed by atoms with Crippen LogP contribution in [0.1, 0.15) is 26.7 Å². The molecule has 0 rings (SSSR count). The lowest BCUT2D eigenvalue weighted by molar-refractivity contribution is -0.465. The Labute approximate surface area is 48.9 Å². The monoisotopic (exact) mass is 116 g/mol. The van der Waals surface area contributed by atoms with Gasteiger partial charge in [0.1, 0.15) is 0 Å². The zero-order valence-corrected chi connectivity index (χ0v) is 5.18. The van der Waals surface area contributed by atoms with Crippen molar-refractivity contribution in [2.75, 3.05) is 0 Å². The zero-order valence-electron chi connectivity index (χ0n) is 5.18. The average molecular weight is 116 g/mol. The predicted octanol–water partition coefficient (Wildman–Crippen LogP) is 1.62. The van der Waals surface area contributed by atoms with Gasteiger partial charge in [0.15, 0.2) is 0 Å². The van der Waals surface area contributed by atoms with Crippen molar-refractivity contribution in [2.24, 2.45) is 0 Å². The molecule has 47 valence electrons. The van der Waals surface area contributed by atoms with E-state index in [0.29, 0.717) is 12.5 Å². The molecule has 0 aliphatic carbocycles. The Balaban J connectivity index is 3.32. The van der Waals surface area contributed by atoms with Crippen molar-refractivity contribution in [3.8, 4) is 0 Å². The molecule has 0 saturated heterocycles. The lowest BCUT2D eigenvalue weighted by Crippen LogP contribution is -2.03. The average Bonchev–Trinajstić information content (AvgIpc) is 1.67. The van der Waals surface area contributed by atoms with Crippen LogP contribution in [-0.2, 0) is 0 Å². The van der Waals surface area contributed by atoms with E-state index in [0.717, 1.165) is 6.42 Å². The van der Waals surface area contributed by atoms with Crippen molar-refractivity contribution >= 4 is 0 Å². The number of hydrogen-bond donors (Lipinski definition) is 0. The Morgan fingerprint density at radius 1 is 1.75 bits per heavy atom. The Kier molecular flexibility index (Phi) is 3.15. The summed E-state index contributed by atoms with van der Waals surface area (Å²) in [7, 11) is 0. The van der Waals surface area contributed by atoms with Gasteiger partial charge in [-0.2, -0.15) is 0 Å². The van der Waals surface area contributed by atoms with Crippen LogP contribution >= 0.6 is 0 Å². The maximum absolute atomic E-state index is 9.86. The molecule has 0 spiro atoms. The molecule has 0 aliphatic heterocycles. The quantitative estimate of drug-likeness (QED) is 0.415. The van der Waals surface area contributed by atoms with E-state index in [9.17, 15) is 10.1 Å². The molecule has 0 aliphatic rings. The molecule has 0 unspecified atom stereocenters. The summed E-state index contributed by atoms with van der Waals surface area (Å²) in [5.41, 5.74) is 0. The smallest absolute Gasteiger partial charge is 0.264 e. The van der Waals surface area contributed by atoms with Gasteiger partial charge in [0.05, 0.1) is 0 Å². The summed E-state index contributed by atoms with van der Waals surface area (Å²) in [6.07, 6.45) is 1.46. The summed E-state index contributed by atoms with van der Waals surface area (Å²) in [6.45, 7) is 3.47. The first-order valence-electron chi connectivity index (χ1n) is 2.65. The highest BCUT2D eigenvalue weighted by molar-refractivity contribution is 4.66. The fourth-order valence-corrected chi connectivity index (χ4v) is 0.453. The van der Waals surface area contributed by atoms with Gasteiger partial charge in [0, 0.05) is 18.3 Å². The minimum absolute atomic E-state index is 0.330. The van der Waals surface area contributed by atoms with Crippen LogP contribution in [0, 0.1) is 16.2 Å². The Bertz CT molecular complexity index is 82.5. The van der Waals surface area contributed by atoms with Crippen LogP contribution < -0.4 is 0 Å². The maximum atomic E-state index is 9.86. The van der Waals surface area contributed by atoms with E-state index in [1.807, 2.05) is 6.92 Å². The van der Waals surface area contributed by atoms with Crippen molar-refractivity contribution in [2.45, 2.75) is 26.7 Å². The minimum Gasteiger partial charge on any atom is -0.264 e. The van der Waals surface area contributed by atoms with Gasteiger partial charge >= 0.3 is 0 Å². The van der Waals surface area contributed by atoms with Crippen LogP contribution in [0.3, 0.4) is 0 Å². The second-order valence-corrected chi connectivity index (χ2v) is 1.74. The summed E-state index contributed by atoms with van der Waals surface area (Å²) in [5.74, 6) is 0. The SMILES string of the molecule is CCC[C](C)[N+](=O)[O-]. The van der Waals surface area contributed by atoms with Crippen molar-refractivity contribution in [3.05, 3.63) is 16.2 Å². The van der Waals surface area contributed by atoms with Gasteiger partial charge in [-0.3, -0.25) is 10.1 Å². The van der Waals surface area contributed by atoms with E-state index < -0.39 is 0 Å². The topological polar surface area (TPSA) is 43.1 Å². The van der Waals surface area contributed by atoms with Crippen molar-refractivity contribution in [3.63, 3.8) is 0 Å². The molecule has 0 aromatic carbocycles. The fraction of sp³-hybridized carbons (Fsp3) is 0.800. The number of rotatable bonds is 3. The molecular weight excluding hydrogens is 106 g/mol. The van der Waals surface area contributed by atoms with Crippen LogP contribution in [-0.4, -0.2) is 4.92 Å². The largest absolute Gasteiger partial charge is 0.287 e. The molecule has 0 fully saturated rings. The third-order valence-electron chi connectivity index (χ3n) is 0.923. The first-order chi connectivity index (χ1) is 3.68. The van der Waals surface area contributed by atoms with Crippen molar-refractivity contribution < 1.29 is 4.92 Å². The van der Waals surface area contributed by atoms with E-state index in [1.165, 1.54) is 0 Å². The molecule has 0 amide bonds. The van der Waals surface area contributed by atoms with Gasteiger partial charge in [-0.25, -0.2) is 0 Å². The maximum Gasteiger partial charge on any atom is 0.287 e. The molecule has 0 atom stereocenters. The van der Waals surface area contributed by atoms with Gasteiger partial charge in [-0.05, 0) is 6.42 Å². The molecule has 3 heteroatoms. The lowest BCUT2D eigenvalue weighted by Gasteiger charge is -1.95. The van der Waals surface area contributed by atoms with Gasteiger partial charge in [0.2, 0.25) is 0 Å². The zero-order chi connectivity index (χ0) is 6.57. The molecule has 0 heterocycles. The van der Waals surface area contributed by atoms with Gasteiger partial charge in [0.25, 0.3) is 6.04 Å². The molecule has 1 radical (unpaired) electrons. The highest BCUT2D eigenvalue weighted by atomic mass is 16.6. The van der Waals surface area contributed by atoms with E-state index in [2.05, 4.69) is 0 Å². The predicted molar refractivity (Wildman–Crippen MR) is 30.8 cm³/mol. The van der Waals surface area contributed by atoms with Gasteiger partial charge in [-0.15, -0.1) is 0 Å². The number of nitrogens with zero attached hydrogens (tertiary/aromatic N) is 1. The van der Waals surface area contributed by atoms with E-state index >= 15 is 0 Å². The summed E-state index contributed by atoms with van der Waals surface area (Å²) < 4.78 is 0. The molecule has 0 aromatic heterocycles. The first-order valence-corrected chi connectivity index (χ1v) is 2.65. The summed E-state index contributed by atoms with van der Waals surface area (Å²) in [5, 5.41) is 9.86. The van der Waals surface area contributed by atoms with Crippen LogP contribution in [0.25, 0.3) is 0 Å². The molecular formula is C5H10NO2. The third kappa shape index (κ3) is 2.55. The van der Waals surface area contributed by atoms with Gasteiger partial charge < -0.3 is 0 Å². The Morgan fingerprint density at radius 3 is 2.38 bits per heavy atom. The van der Waals surface area contributed by atoms with Crippen LogP contribution in [0.4, 0.5) is 0 Å². The molecule has 3 nitrogen and oxygen atoms in total. The van der Waals surface area contributed by atoms with Crippen LogP contribution in [0.5, 0.6) is 0 Å². The Morgan fingerprint density at radius 2 is 2.25 bits per heavy atom. The van der Waals surface area contributed by atoms with E-state index in [1.54, 1.807) is 6.92 Å². The number of hydrogen-bond acceptors (Lipinski definition) is 2. The van der Waals surface area contributed by atoms with Crippen LogP contribution in [0.2, 0.25) is 0 Å². The molecule has 0 N–H and O–H groups in total. The number of nitro groups is 1. The third-order valence-corrected chi connectivity index (χ3v) is 0.923. The highest BCUT2D eigenvalue weighted by Crippen LogP contribution is 2.06. The van der Waals surface area contributed by atoms with Gasteiger partial charge in [-0.1, -0.05) is 6.92 Å². The van der Waals surface area contributed by atoms with Crippen molar-refractivity contribution in [1.29, 1.82) is 0 Å². The van der Waals surface area contributed by atoms with Crippen molar-refractivity contribution in [1.82, 2.24) is 0 Å². The second-order valence-electron chi connectivity index (χ2n) is 1.74. The van der Waals surface area contributed by atoms with E-state index in [-0.39, 0.29) is 4.92 Å². The Hall–Kier alpha value is -0.600. The molecule has 8 heavy (non-hydrogen) atoms. The normalized spacial score (nSPS) is 9.88. The second kappa shape index (κ2) is 3.41. The summed E-state index contributed by atoms with van der Waals surface area (Å²) in [6, 6.07) is 0.354. The molecule has 0 bridgehead atoms. The lowest BCUT2D eigenvalue weighted by atomic mass is 10.2. The standard InChI is InChI=1S/C5H10NO2/c1-3-4-5(2)6(7)8/h3-4H2,1-2H3. The minimum atomic E-state index is -0.330. The highest BCUT2D eigenvalue weighted by Gasteiger charge is 2.12. The fourth-order valence-electron chi connectivity index (χ4n) is 0.453. The first kappa shape index (κ1) is 7.40. The summed E-state index contributed by atoms with van der Waals surface area (Å²) in [4.78, 5) is 9.53. The van der Waals surface area contributed by atoms with E-state index in [4.69, 9.17) is 0 Å². The molecule has 0 saturated carbocycles. The summed E-state index contributed by atoms with van der Waals surface area (Å²) >= 11 is 0. The van der Waals surface area contributed by atoms with Crippen LogP contribution in [0.15, 0.2) is 0 Å². The molecule has 0 aromatic rings.